The highest BCUT2D eigenvalue weighted by atomic mass is 16.6. The summed E-state index contributed by atoms with van der Waals surface area (Å²) < 4.78 is 14.2. The van der Waals surface area contributed by atoms with E-state index in [1.165, 1.54) is 0 Å². The molecule has 36 heavy (non-hydrogen) atoms. The zero-order valence-corrected chi connectivity index (χ0v) is 22.8. The molecule has 1 aromatic carbocycles. The summed E-state index contributed by atoms with van der Waals surface area (Å²) in [5.74, 6) is 0.122. The molecule has 0 aliphatic carbocycles. The molecule has 0 amide bonds. The smallest absolute Gasteiger partial charge is 0.306 e. The first-order valence-corrected chi connectivity index (χ1v) is 13.3. The monoisotopic (exact) mass is 498 g/mol. The minimum absolute atomic E-state index is 0.00143. The van der Waals surface area contributed by atoms with Crippen LogP contribution in [-0.4, -0.2) is 44.2 Å². The molecular weight excluding hydrogens is 456 g/mol. The summed E-state index contributed by atoms with van der Waals surface area (Å²) in [5, 5.41) is 10.9. The quantitative estimate of drug-likeness (QED) is 0.429. The largest absolute Gasteiger partial charge is 0.457 e. The number of imidazole rings is 1. The third kappa shape index (κ3) is 5.37. The van der Waals surface area contributed by atoms with Gasteiger partial charge in [-0.25, -0.2) is 4.98 Å². The van der Waals surface area contributed by atoms with Crippen LogP contribution in [0.15, 0.2) is 18.2 Å². The summed E-state index contributed by atoms with van der Waals surface area (Å²) in [7, 11) is 1.99. The molecule has 1 N–H and O–H groups in total. The number of ketones is 1. The second-order valence-corrected chi connectivity index (χ2v) is 12.0. The van der Waals surface area contributed by atoms with Crippen molar-refractivity contribution in [3.05, 3.63) is 29.6 Å². The Hall–Kier alpha value is -2.25. The minimum Gasteiger partial charge on any atom is -0.457 e. The van der Waals surface area contributed by atoms with Crippen molar-refractivity contribution in [2.24, 2.45) is 24.3 Å². The summed E-state index contributed by atoms with van der Waals surface area (Å²) in [4.78, 5) is 30.9. The number of hydrogen-bond acceptors (Lipinski definition) is 6. The van der Waals surface area contributed by atoms with Gasteiger partial charge in [-0.15, -0.1) is 0 Å². The number of hydrogen-bond donors (Lipinski definition) is 1. The number of aliphatic hydroxyl groups excluding tert-OH is 1. The zero-order chi connectivity index (χ0) is 26.4. The van der Waals surface area contributed by atoms with Crippen LogP contribution in [-0.2, 0) is 26.1 Å². The van der Waals surface area contributed by atoms with Gasteiger partial charge in [0.25, 0.3) is 0 Å². The molecule has 0 radical (unpaired) electrons. The second-order valence-electron chi connectivity index (χ2n) is 12.0. The predicted molar refractivity (Wildman–Crippen MR) is 138 cm³/mol. The summed E-state index contributed by atoms with van der Waals surface area (Å²) in [6.45, 7) is 11.6. The molecule has 2 aromatic rings. The number of ether oxygens (including phenoxy) is 2. The number of rotatable bonds is 1. The number of fused-ring (bicyclic) bond motifs is 2. The Labute approximate surface area is 214 Å². The van der Waals surface area contributed by atoms with Crippen molar-refractivity contribution in [1.82, 2.24) is 9.55 Å². The average molecular weight is 499 g/mol. The van der Waals surface area contributed by atoms with Gasteiger partial charge < -0.3 is 19.1 Å². The number of nitrogens with zero attached hydrogens (tertiary/aromatic N) is 2. The van der Waals surface area contributed by atoms with Crippen LogP contribution >= 0.6 is 0 Å². The Kier molecular flexibility index (Phi) is 7.37. The highest BCUT2D eigenvalue weighted by Crippen LogP contribution is 2.46. The first-order valence-electron chi connectivity index (χ1n) is 13.3. The summed E-state index contributed by atoms with van der Waals surface area (Å²) >= 11 is 0. The van der Waals surface area contributed by atoms with Crippen LogP contribution in [0.25, 0.3) is 11.0 Å². The van der Waals surface area contributed by atoms with Gasteiger partial charge in [-0.05, 0) is 56.7 Å². The molecule has 7 heteroatoms. The van der Waals surface area contributed by atoms with Crippen LogP contribution in [0.3, 0.4) is 0 Å². The molecule has 2 saturated heterocycles. The number of Topliss-reactive ketones (excluding diaryl/α,β-unsaturated/α-hetero) is 1. The van der Waals surface area contributed by atoms with Crippen molar-refractivity contribution in [3.8, 4) is 0 Å². The van der Waals surface area contributed by atoms with Gasteiger partial charge in [0.1, 0.15) is 17.7 Å². The topological polar surface area (TPSA) is 94.0 Å². The molecule has 198 valence electrons. The molecule has 2 unspecified atom stereocenters. The standard InChI is InChI=1S/C29H42N2O5/c1-17-9-8-13-29(6)24(36-29)16-23(20-10-11-22-21(15-20)30-19(3)31(22)7)35-25(32)12-14-28(4,5)27(34)18(2)26(17)33/h10-11,15,17-18,23-24,26,33H,8-9,12-14,16H2,1-7H3/t17-,18+,23-,24?,26?,29+/m0/s1. The van der Waals surface area contributed by atoms with Crippen molar-refractivity contribution >= 4 is 22.8 Å². The van der Waals surface area contributed by atoms with E-state index < -0.39 is 23.5 Å². The molecule has 0 bridgehead atoms. The van der Waals surface area contributed by atoms with E-state index in [1.54, 1.807) is 6.92 Å². The van der Waals surface area contributed by atoms with Crippen LogP contribution < -0.4 is 0 Å². The normalized spacial score (nSPS) is 34.3. The summed E-state index contributed by atoms with van der Waals surface area (Å²) in [5.41, 5.74) is 1.83. The maximum absolute atomic E-state index is 13.2. The molecule has 0 saturated carbocycles. The van der Waals surface area contributed by atoms with Gasteiger partial charge in [0, 0.05) is 31.2 Å². The number of esters is 1. The van der Waals surface area contributed by atoms with Crippen molar-refractivity contribution in [2.45, 2.75) is 104 Å². The number of carbonyl (C=O) groups excluding carboxylic acids is 2. The van der Waals surface area contributed by atoms with Crippen molar-refractivity contribution in [2.75, 3.05) is 0 Å². The van der Waals surface area contributed by atoms with E-state index in [-0.39, 0.29) is 35.8 Å². The van der Waals surface area contributed by atoms with E-state index in [1.807, 2.05) is 57.5 Å². The van der Waals surface area contributed by atoms with Gasteiger partial charge in [0.2, 0.25) is 0 Å². The lowest BCUT2D eigenvalue weighted by molar-refractivity contribution is -0.151. The van der Waals surface area contributed by atoms with E-state index in [2.05, 4.69) is 11.9 Å². The van der Waals surface area contributed by atoms with Crippen LogP contribution in [0.4, 0.5) is 0 Å². The molecule has 2 aliphatic heterocycles. The molecule has 6 atom stereocenters. The number of aryl methyl sites for hydroxylation is 2. The van der Waals surface area contributed by atoms with Crippen molar-refractivity contribution in [1.29, 1.82) is 0 Å². The van der Waals surface area contributed by atoms with Crippen molar-refractivity contribution < 1.29 is 24.2 Å². The molecular formula is C29H42N2O5. The van der Waals surface area contributed by atoms with Gasteiger partial charge in [0.05, 0.1) is 28.8 Å². The highest BCUT2D eigenvalue weighted by Gasteiger charge is 2.52. The molecule has 0 spiro atoms. The third-order valence-electron chi connectivity index (χ3n) is 8.70. The number of benzene rings is 1. The highest BCUT2D eigenvalue weighted by molar-refractivity contribution is 5.87. The first-order chi connectivity index (χ1) is 16.8. The molecule has 2 fully saturated rings. The fraction of sp³-hybridized carbons (Fsp3) is 0.690. The van der Waals surface area contributed by atoms with E-state index in [4.69, 9.17) is 9.47 Å². The van der Waals surface area contributed by atoms with Gasteiger partial charge in [-0.3, -0.25) is 9.59 Å². The van der Waals surface area contributed by atoms with Crippen LogP contribution in [0.5, 0.6) is 0 Å². The average Bonchev–Trinajstić information content (AvgIpc) is 3.38. The Balaban J connectivity index is 1.60. The van der Waals surface area contributed by atoms with Gasteiger partial charge in [-0.2, -0.15) is 0 Å². The number of aromatic nitrogens is 2. The minimum atomic E-state index is -0.728. The van der Waals surface area contributed by atoms with Crippen LogP contribution in [0, 0.1) is 24.2 Å². The maximum Gasteiger partial charge on any atom is 0.306 e. The third-order valence-corrected chi connectivity index (χ3v) is 8.70. The summed E-state index contributed by atoms with van der Waals surface area (Å²) in [6, 6.07) is 6.05. The number of epoxide rings is 1. The van der Waals surface area contributed by atoms with E-state index in [9.17, 15) is 14.7 Å². The number of cyclic esters (lactones) is 1. The molecule has 3 heterocycles. The van der Waals surface area contributed by atoms with Crippen molar-refractivity contribution in [3.63, 3.8) is 0 Å². The Morgan fingerprint density at radius 2 is 1.86 bits per heavy atom. The van der Waals surface area contributed by atoms with E-state index in [0.717, 1.165) is 41.7 Å². The molecule has 1 aromatic heterocycles. The zero-order valence-electron chi connectivity index (χ0n) is 22.8. The number of aliphatic hydroxyl groups is 1. The molecule has 7 nitrogen and oxygen atoms in total. The van der Waals surface area contributed by atoms with Gasteiger partial charge in [0.15, 0.2) is 0 Å². The fourth-order valence-electron chi connectivity index (χ4n) is 5.76. The predicted octanol–water partition coefficient (Wildman–Crippen LogP) is 5.21. The summed E-state index contributed by atoms with van der Waals surface area (Å²) in [6.07, 6.45) is 2.55. The molecule has 4 rings (SSSR count). The lowest BCUT2D eigenvalue weighted by Crippen LogP contribution is -2.39. The lowest BCUT2D eigenvalue weighted by atomic mass is 9.74. The van der Waals surface area contributed by atoms with E-state index in [0.29, 0.717) is 12.8 Å². The Morgan fingerprint density at radius 1 is 1.14 bits per heavy atom. The Bertz CT molecular complexity index is 1140. The van der Waals surface area contributed by atoms with E-state index >= 15 is 0 Å². The Morgan fingerprint density at radius 3 is 2.58 bits per heavy atom. The van der Waals surface area contributed by atoms with Crippen LogP contribution in [0.2, 0.25) is 0 Å². The molecule has 2 aliphatic rings. The lowest BCUT2D eigenvalue weighted by Gasteiger charge is -2.31. The first kappa shape index (κ1) is 26.8. The van der Waals surface area contributed by atoms with Gasteiger partial charge in [-0.1, -0.05) is 40.2 Å². The fourth-order valence-corrected chi connectivity index (χ4v) is 5.76. The maximum atomic E-state index is 13.2. The SMILES string of the molecule is Cc1nc2cc([C@@H]3CC4O[C@]4(C)CCC[C@H](C)C(O)[C@@H](C)C(=O)C(C)(C)CCC(=O)O3)ccc2n1C. The second kappa shape index (κ2) is 9.90. The van der Waals surface area contributed by atoms with Crippen LogP contribution in [0.1, 0.15) is 90.6 Å². The van der Waals surface area contributed by atoms with Gasteiger partial charge >= 0.3 is 5.97 Å². The number of carbonyl (C=O) groups is 2.